The number of para-hydroxylation sites is 1. The third-order valence-corrected chi connectivity index (χ3v) is 3.16. The van der Waals surface area contributed by atoms with Crippen molar-refractivity contribution < 1.29 is 0 Å². The van der Waals surface area contributed by atoms with Gasteiger partial charge in [-0.15, -0.1) is 16.4 Å². The molecule has 0 amide bonds. The van der Waals surface area contributed by atoms with E-state index < -0.39 is 0 Å². The van der Waals surface area contributed by atoms with Crippen LogP contribution in [0, 0.1) is 6.92 Å². The number of rotatable bonds is 2. The molecule has 0 aliphatic rings. The zero-order valence-corrected chi connectivity index (χ0v) is 11.0. The zero-order chi connectivity index (χ0) is 12.3. The minimum Gasteiger partial charge on any atom is -0.288 e. The molecule has 4 heteroatoms. The average Bonchev–Trinajstić information content (AvgIpc) is 2.69. The van der Waals surface area contributed by atoms with E-state index in [1.807, 2.05) is 32.0 Å². The van der Waals surface area contributed by atoms with Crippen molar-refractivity contribution in [3.05, 3.63) is 46.2 Å². The Morgan fingerprint density at radius 2 is 1.88 bits per heavy atom. The van der Waals surface area contributed by atoms with Crippen molar-refractivity contribution in [3.8, 4) is 5.69 Å². The van der Waals surface area contributed by atoms with Gasteiger partial charge in [0.1, 0.15) is 0 Å². The second kappa shape index (κ2) is 5.10. The maximum atomic E-state index is 4.27. The summed E-state index contributed by atoms with van der Waals surface area (Å²) in [6.45, 7) is 5.96. The summed E-state index contributed by atoms with van der Waals surface area (Å²) in [4.78, 5) is 0.898. The Morgan fingerprint density at radius 3 is 2.53 bits per heavy atom. The van der Waals surface area contributed by atoms with Crippen LogP contribution in [0.4, 0.5) is 0 Å². The van der Waals surface area contributed by atoms with E-state index in [0.29, 0.717) is 0 Å². The second-order valence-electron chi connectivity index (χ2n) is 3.98. The van der Waals surface area contributed by atoms with Gasteiger partial charge in [0.15, 0.2) is 0 Å². The molecular formula is C13H15N3S. The molecule has 88 valence electrons. The van der Waals surface area contributed by atoms with Crippen molar-refractivity contribution in [3.63, 3.8) is 0 Å². The first-order valence-electron chi connectivity index (χ1n) is 5.46. The van der Waals surface area contributed by atoms with Crippen molar-refractivity contribution >= 4 is 17.0 Å². The Labute approximate surface area is 105 Å². The lowest BCUT2D eigenvalue weighted by atomic mass is 10.3. The van der Waals surface area contributed by atoms with Gasteiger partial charge in [-0.25, -0.2) is 0 Å². The second-order valence-corrected chi connectivity index (χ2v) is 4.81. The van der Waals surface area contributed by atoms with Crippen LogP contribution in [0.25, 0.3) is 5.69 Å². The normalized spacial score (nSPS) is 11.6. The van der Waals surface area contributed by atoms with E-state index >= 15 is 0 Å². The van der Waals surface area contributed by atoms with Crippen LogP contribution in [0.5, 0.6) is 0 Å². The van der Waals surface area contributed by atoms with Gasteiger partial charge in [0.05, 0.1) is 0 Å². The summed E-state index contributed by atoms with van der Waals surface area (Å²) < 4.78 is 2.11. The van der Waals surface area contributed by atoms with Crippen LogP contribution >= 0.6 is 11.3 Å². The standard InChI is InChI=1S/C13H15N3S/c1-10(2)14-15-13-16(11(3)9-17-13)12-7-5-4-6-8-12/h4-9H,1-3H3/b15-13-. The summed E-state index contributed by atoms with van der Waals surface area (Å²) in [7, 11) is 0. The van der Waals surface area contributed by atoms with E-state index in [0.717, 1.165) is 16.2 Å². The van der Waals surface area contributed by atoms with Gasteiger partial charge < -0.3 is 0 Å². The Kier molecular flexibility index (Phi) is 3.54. The van der Waals surface area contributed by atoms with Crippen LogP contribution in [0.2, 0.25) is 0 Å². The van der Waals surface area contributed by atoms with Gasteiger partial charge in [0.2, 0.25) is 4.80 Å². The molecule has 17 heavy (non-hydrogen) atoms. The average molecular weight is 245 g/mol. The molecule has 1 aromatic carbocycles. The SMILES string of the molecule is CC(C)=N/N=c1\scc(C)n1-c1ccccc1. The highest BCUT2D eigenvalue weighted by molar-refractivity contribution is 7.07. The first-order valence-corrected chi connectivity index (χ1v) is 6.34. The molecule has 0 aliphatic heterocycles. The molecule has 1 aromatic heterocycles. The molecule has 0 unspecified atom stereocenters. The van der Waals surface area contributed by atoms with Crippen molar-refractivity contribution in [1.82, 2.24) is 4.57 Å². The molecule has 0 spiro atoms. The van der Waals surface area contributed by atoms with E-state index in [4.69, 9.17) is 0 Å². The third-order valence-electron chi connectivity index (χ3n) is 2.23. The predicted octanol–water partition coefficient (Wildman–Crippen LogP) is 3.14. The minimum absolute atomic E-state index is 0.898. The number of hydrogen-bond acceptors (Lipinski definition) is 3. The molecule has 0 fully saturated rings. The summed E-state index contributed by atoms with van der Waals surface area (Å²) in [6, 6.07) is 10.2. The van der Waals surface area contributed by atoms with Crippen LogP contribution in [-0.2, 0) is 0 Å². The van der Waals surface area contributed by atoms with Crippen LogP contribution in [0.3, 0.4) is 0 Å². The lowest BCUT2D eigenvalue weighted by Gasteiger charge is -2.04. The van der Waals surface area contributed by atoms with Crippen molar-refractivity contribution in [2.75, 3.05) is 0 Å². The largest absolute Gasteiger partial charge is 0.288 e. The van der Waals surface area contributed by atoms with Gasteiger partial charge in [-0.05, 0) is 32.9 Å². The summed E-state index contributed by atoms with van der Waals surface area (Å²) >= 11 is 1.60. The van der Waals surface area contributed by atoms with Crippen LogP contribution in [0.15, 0.2) is 45.9 Å². The van der Waals surface area contributed by atoms with Gasteiger partial charge in [-0.1, -0.05) is 18.2 Å². The predicted molar refractivity (Wildman–Crippen MR) is 72.7 cm³/mol. The molecule has 0 saturated carbocycles. The van der Waals surface area contributed by atoms with Crippen LogP contribution in [0.1, 0.15) is 19.5 Å². The van der Waals surface area contributed by atoms with Crippen molar-refractivity contribution in [2.24, 2.45) is 10.2 Å². The highest BCUT2D eigenvalue weighted by atomic mass is 32.1. The topological polar surface area (TPSA) is 29.6 Å². The molecule has 0 saturated heterocycles. The van der Waals surface area contributed by atoms with Crippen molar-refractivity contribution in [1.29, 1.82) is 0 Å². The highest BCUT2D eigenvalue weighted by Crippen LogP contribution is 2.09. The smallest absolute Gasteiger partial charge is 0.215 e. The number of thiazole rings is 1. The lowest BCUT2D eigenvalue weighted by Crippen LogP contribution is -2.13. The van der Waals surface area contributed by atoms with Gasteiger partial charge in [-0.3, -0.25) is 4.57 Å². The molecule has 2 aromatic rings. The Bertz CT molecular complexity index is 587. The fourth-order valence-corrected chi connectivity index (χ4v) is 2.32. The fraction of sp³-hybridized carbons (Fsp3) is 0.231. The molecule has 0 aliphatic carbocycles. The Morgan fingerprint density at radius 1 is 1.18 bits per heavy atom. The number of aromatic nitrogens is 1. The molecule has 0 radical (unpaired) electrons. The zero-order valence-electron chi connectivity index (χ0n) is 10.2. The summed E-state index contributed by atoms with van der Waals surface area (Å²) in [5.41, 5.74) is 3.24. The fourth-order valence-electron chi connectivity index (χ4n) is 1.50. The van der Waals surface area contributed by atoms with E-state index in [1.165, 1.54) is 5.69 Å². The van der Waals surface area contributed by atoms with E-state index in [9.17, 15) is 0 Å². The number of benzene rings is 1. The van der Waals surface area contributed by atoms with E-state index in [-0.39, 0.29) is 0 Å². The Balaban J connectivity index is 2.59. The molecule has 0 N–H and O–H groups in total. The third kappa shape index (κ3) is 2.71. The molecule has 1 heterocycles. The molecular weight excluding hydrogens is 230 g/mol. The van der Waals surface area contributed by atoms with Crippen molar-refractivity contribution in [2.45, 2.75) is 20.8 Å². The lowest BCUT2D eigenvalue weighted by molar-refractivity contribution is 0.925. The van der Waals surface area contributed by atoms with Gasteiger partial charge in [0.25, 0.3) is 0 Å². The monoisotopic (exact) mass is 245 g/mol. The first-order chi connectivity index (χ1) is 8.18. The number of hydrogen-bond donors (Lipinski definition) is 0. The number of nitrogens with zero attached hydrogens (tertiary/aromatic N) is 3. The Hall–Kier alpha value is -1.68. The van der Waals surface area contributed by atoms with E-state index in [2.05, 4.69) is 39.2 Å². The molecule has 3 nitrogen and oxygen atoms in total. The van der Waals surface area contributed by atoms with Gasteiger partial charge in [-0.2, -0.15) is 5.10 Å². The number of aryl methyl sites for hydroxylation is 1. The minimum atomic E-state index is 0.898. The van der Waals surface area contributed by atoms with Crippen LogP contribution < -0.4 is 4.80 Å². The molecule has 0 bridgehead atoms. The molecule has 2 rings (SSSR count). The maximum Gasteiger partial charge on any atom is 0.215 e. The summed E-state index contributed by atoms with van der Waals surface area (Å²) in [6.07, 6.45) is 0. The van der Waals surface area contributed by atoms with Crippen LogP contribution in [-0.4, -0.2) is 10.3 Å². The van der Waals surface area contributed by atoms with Gasteiger partial charge in [0, 0.05) is 22.5 Å². The maximum absolute atomic E-state index is 4.27. The highest BCUT2D eigenvalue weighted by Gasteiger charge is 2.02. The van der Waals surface area contributed by atoms with Gasteiger partial charge >= 0.3 is 0 Å². The first kappa shape index (κ1) is 11.8. The summed E-state index contributed by atoms with van der Waals surface area (Å²) in [5, 5.41) is 10.5. The summed E-state index contributed by atoms with van der Waals surface area (Å²) in [5.74, 6) is 0. The quantitative estimate of drug-likeness (QED) is 0.575. The molecule has 0 atom stereocenters. The van der Waals surface area contributed by atoms with E-state index in [1.54, 1.807) is 11.3 Å².